The molecule has 5 rings (SSSR count). The summed E-state index contributed by atoms with van der Waals surface area (Å²) in [6.07, 6.45) is -1.19. The number of hydrogen-bond donors (Lipinski definition) is 0. The Morgan fingerprint density at radius 3 is 2.03 bits per heavy atom. The van der Waals surface area contributed by atoms with E-state index in [2.05, 4.69) is 12.1 Å². The molecular weight excluding hydrogens is 480 g/mol. The zero-order valence-electron chi connectivity index (χ0n) is 19.5. The maximum absolute atomic E-state index is 13.0. The first-order valence-electron chi connectivity index (χ1n) is 11.8. The molecule has 1 heterocycles. The van der Waals surface area contributed by atoms with Crippen molar-refractivity contribution in [2.75, 3.05) is 26.2 Å². The molecule has 1 fully saturated rings. The van der Waals surface area contributed by atoms with Crippen LogP contribution >= 0.6 is 11.6 Å². The minimum absolute atomic E-state index is 0.0554. The molecule has 1 atom stereocenters. The van der Waals surface area contributed by atoms with Crippen LogP contribution in [0.15, 0.2) is 78.9 Å². The number of amides is 2. The SMILES string of the molecule is O=C(Cl)[C@@H]1CN(C(=O)OCc2ccccc2)CCN1C(=O)OCC1c2ccccc2-c2ccccc21. The molecule has 1 aliphatic carbocycles. The van der Waals surface area contributed by atoms with Crippen LogP contribution < -0.4 is 0 Å². The maximum Gasteiger partial charge on any atom is 0.410 e. The van der Waals surface area contributed by atoms with Crippen LogP contribution in [0.2, 0.25) is 0 Å². The summed E-state index contributed by atoms with van der Waals surface area (Å²) in [4.78, 5) is 40.5. The molecule has 1 aliphatic heterocycles. The first kappa shape index (κ1) is 23.9. The fourth-order valence-electron chi connectivity index (χ4n) is 4.85. The smallest absolute Gasteiger partial charge is 0.410 e. The average molecular weight is 505 g/mol. The summed E-state index contributed by atoms with van der Waals surface area (Å²) in [6, 6.07) is 24.4. The van der Waals surface area contributed by atoms with Crippen LogP contribution in [0, 0.1) is 0 Å². The number of rotatable bonds is 5. The lowest BCUT2D eigenvalue weighted by Crippen LogP contribution is -2.58. The Balaban J connectivity index is 1.22. The van der Waals surface area contributed by atoms with E-state index in [1.165, 1.54) is 9.80 Å². The Morgan fingerprint density at radius 1 is 0.778 bits per heavy atom. The molecule has 0 unspecified atom stereocenters. The van der Waals surface area contributed by atoms with Gasteiger partial charge in [0.15, 0.2) is 0 Å². The van der Waals surface area contributed by atoms with Gasteiger partial charge in [-0.25, -0.2) is 9.59 Å². The molecule has 8 heteroatoms. The van der Waals surface area contributed by atoms with Crippen LogP contribution in [0.5, 0.6) is 0 Å². The molecule has 0 spiro atoms. The third-order valence-electron chi connectivity index (χ3n) is 6.68. The van der Waals surface area contributed by atoms with Crippen LogP contribution in [0.3, 0.4) is 0 Å². The molecule has 0 radical (unpaired) electrons. The van der Waals surface area contributed by atoms with E-state index in [0.29, 0.717) is 0 Å². The fourth-order valence-corrected chi connectivity index (χ4v) is 5.04. The van der Waals surface area contributed by atoms with Crippen LogP contribution in [0.4, 0.5) is 9.59 Å². The summed E-state index contributed by atoms with van der Waals surface area (Å²) in [5.74, 6) is -0.0965. The van der Waals surface area contributed by atoms with Gasteiger partial charge in [0.1, 0.15) is 19.3 Å². The van der Waals surface area contributed by atoms with E-state index in [1.54, 1.807) is 0 Å². The number of nitrogens with zero attached hydrogens (tertiary/aromatic N) is 2. The molecule has 2 aliphatic rings. The van der Waals surface area contributed by atoms with Crippen molar-refractivity contribution in [2.45, 2.75) is 18.6 Å². The van der Waals surface area contributed by atoms with Crippen molar-refractivity contribution < 1.29 is 23.9 Å². The number of halogens is 1. The van der Waals surface area contributed by atoms with Crippen LogP contribution in [0.25, 0.3) is 11.1 Å². The van der Waals surface area contributed by atoms with Crippen molar-refractivity contribution in [3.05, 3.63) is 95.6 Å². The van der Waals surface area contributed by atoms with Gasteiger partial charge in [-0.2, -0.15) is 0 Å². The molecule has 0 N–H and O–H groups in total. The van der Waals surface area contributed by atoms with Gasteiger partial charge in [-0.05, 0) is 39.4 Å². The normalized spacial score (nSPS) is 16.8. The number of ether oxygens (including phenoxy) is 2. The highest BCUT2D eigenvalue weighted by Crippen LogP contribution is 2.44. The molecule has 2 amide bonds. The lowest BCUT2D eigenvalue weighted by atomic mass is 9.98. The lowest BCUT2D eigenvalue weighted by Gasteiger charge is -2.38. The van der Waals surface area contributed by atoms with Crippen molar-refractivity contribution in [1.29, 1.82) is 0 Å². The highest BCUT2D eigenvalue weighted by Gasteiger charge is 2.38. The monoisotopic (exact) mass is 504 g/mol. The molecule has 1 saturated heterocycles. The topological polar surface area (TPSA) is 76.2 Å². The number of carbonyl (C=O) groups excluding carboxylic acids is 3. The van der Waals surface area contributed by atoms with Crippen LogP contribution in [-0.2, 0) is 20.9 Å². The molecule has 3 aromatic rings. The van der Waals surface area contributed by atoms with Gasteiger partial charge >= 0.3 is 12.2 Å². The van der Waals surface area contributed by atoms with E-state index in [9.17, 15) is 14.4 Å². The second-order valence-electron chi connectivity index (χ2n) is 8.80. The third-order valence-corrected chi connectivity index (χ3v) is 6.93. The molecule has 184 valence electrons. The van der Waals surface area contributed by atoms with Gasteiger partial charge in [-0.15, -0.1) is 0 Å². The van der Waals surface area contributed by atoms with Gasteiger partial charge in [0, 0.05) is 19.0 Å². The van der Waals surface area contributed by atoms with Crippen LogP contribution in [0.1, 0.15) is 22.6 Å². The van der Waals surface area contributed by atoms with Gasteiger partial charge < -0.3 is 14.4 Å². The predicted octanol–water partition coefficient (Wildman–Crippen LogP) is 5.02. The van der Waals surface area contributed by atoms with Crippen LogP contribution in [-0.4, -0.2) is 59.5 Å². The number of hydrogen-bond acceptors (Lipinski definition) is 5. The Bertz CT molecular complexity index is 1240. The van der Waals surface area contributed by atoms with Crippen molar-refractivity contribution >= 4 is 29.0 Å². The minimum Gasteiger partial charge on any atom is -0.448 e. The van der Waals surface area contributed by atoms with Crippen molar-refractivity contribution in [3.8, 4) is 11.1 Å². The molecule has 3 aromatic carbocycles. The van der Waals surface area contributed by atoms with E-state index in [1.807, 2.05) is 66.7 Å². The van der Waals surface area contributed by atoms with Crippen molar-refractivity contribution in [3.63, 3.8) is 0 Å². The van der Waals surface area contributed by atoms with Gasteiger partial charge in [0.05, 0.1) is 6.54 Å². The third kappa shape index (κ3) is 4.79. The number of fused-ring (bicyclic) bond motifs is 3. The largest absolute Gasteiger partial charge is 0.448 e. The minimum atomic E-state index is -1.01. The molecule has 0 bridgehead atoms. The quantitative estimate of drug-likeness (QED) is 0.456. The van der Waals surface area contributed by atoms with Gasteiger partial charge in [0.25, 0.3) is 0 Å². The van der Waals surface area contributed by atoms with E-state index < -0.39 is 23.5 Å². The number of benzene rings is 3. The molecule has 36 heavy (non-hydrogen) atoms. The molecule has 0 saturated carbocycles. The Morgan fingerprint density at radius 2 is 1.39 bits per heavy atom. The van der Waals surface area contributed by atoms with Crippen molar-refractivity contribution in [2.24, 2.45) is 0 Å². The van der Waals surface area contributed by atoms with Gasteiger partial charge in [-0.1, -0.05) is 78.9 Å². The summed E-state index contributed by atoms with van der Waals surface area (Å²) >= 11 is 5.83. The fraction of sp³-hybridized carbons (Fsp3) is 0.250. The molecule has 7 nitrogen and oxygen atoms in total. The van der Waals surface area contributed by atoms with E-state index in [-0.39, 0.29) is 38.8 Å². The summed E-state index contributed by atoms with van der Waals surface area (Å²) in [5.41, 5.74) is 5.31. The Hall–Kier alpha value is -3.84. The summed E-state index contributed by atoms with van der Waals surface area (Å²) < 4.78 is 11.1. The van der Waals surface area contributed by atoms with E-state index in [4.69, 9.17) is 21.1 Å². The maximum atomic E-state index is 13.0. The first-order chi connectivity index (χ1) is 17.5. The Kier molecular flexibility index (Phi) is 6.91. The van der Waals surface area contributed by atoms with Gasteiger partial charge in [-0.3, -0.25) is 9.69 Å². The zero-order valence-corrected chi connectivity index (χ0v) is 20.3. The zero-order chi connectivity index (χ0) is 25.1. The van der Waals surface area contributed by atoms with Crippen molar-refractivity contribution in [1.82, 2.24) is 9.80 Å². The summed E-state index contributed by atoms with van der Waals surface area (Å²) in [5, 5.41) is -0.732. The second kappa shape index (κ2) is 10.4. The Labute approximate surface area is 214 Å². The summed E-state index contributed by atoms with van der Waals surface area (Å²) in [6.45, 7) is 0.514. The lowest BCUT2D eigenvalue weighted by molar-refractivity contribution is -0.117. The van der Waals surface area contributed by atoms with E-state index >= 15 is 0 Å². The first-order valence-corrected chi connectivity index (χ1v) is 12.2. The summed E-state index contributed by atoms with van der Waals surface area (Å²) in [7, 11) is 0. The molecule has 0 aromatic heterocycles. The average Bonchev–Trinajstić information content (AvgIpc) is 3.24. The highest BCUT2D eigenvalue weighted by atomic mass is 35.5. The number of carbonyl (C=O) groups is 3. The van der Waals surface area contributed by atoms with Gasteiger partial charge in [0.2, 0.25) is 5.24 Å². The predicted molar refractivity (Wildman–Crippen MR) is 135 cm³/mol. The molecular formula is C28H25ClN2O5. The van der Waals surface area contributed by atoms with E-state index in [0.717, 1.165) is 27.8 Å². The standard InChI is InChI=1S/C28H25ClN2O5/c29-26(32)25-16-30(27(33)35-17-19-8-2-1-3-9-19)14-15-31(25)28(34)36-18-24-22-12-6-4-10-20(22)21-11-5-7-13-23(21)24/h1-13,24-25H,14-18H2/t25-/m0/s1. The highest BCUT2D eigenvalue weighted by molar-refractivity contribution is 6.64. The number of piperazine rings is 1. The second-order valence-corrected chi connectivity index (χ2v) is 9.18.